The van der Waals surface area contributed by atoms with Crippen LogP contribution in [0.5, 0.6) is 0 Å². The van der Waals surface area contributed by atoms with E-state index in [1.54, 1.807) is 0 Å². The van der Waals surface area contributed by atoms with Gasteiger partial charge in [0.2, 0.25) is 0 Å². The van der Waals surface area contributed by atoms with Crippen molar-refractivity contribution >= 4 is 18.6 Å². The lowest BCUT2D eigenvalue weighted by Crippen LogP contribution is -2.31. The van der Waals surface area contributed by atoms with Crippen molar-refractivity contribution in [3.63, 3.8) is 0 Å². The van der Waals surface area contributed by atoms with Crippen molar-refractivity contribution in [1.82, 2.24) is 0 Å². The van der Waals surface area contributed by atoms with E-state index in [2.05, 4.69) is 12.6 Å². The van der Waals surface area contributed by atoms with E-state index >= 15 is 0 Å². The number of carbonyl (C=O) groups is 1. The normalized spacial score (nSPS) is 18.0. The molecular weight excluding hydrogens is 114 g/mol. The molecular formula is C3H7NO2S. The van der Waals surface area contributed by atoms with Gasteiger partial charge >= 0.3 is 5.97 Å². The molecule has 0 amide bonds. The predicted molar refractivity (Wildman–Crippen MR) is 29.5 cm³/mol. The first-order valence-electron chi connectivity index (χ1n) is 2.59. The van der Waals surface area contributed by atoms with Crippen LogP contribution in [0.3, 0.4) is 0 Å². The van der Waals surface area contributed by atoms with Gasteiger partial charge in [0.05, 0.1) is 0 Å². The Kier molecular flexibility index (Phi) is 1.54. The average molecular weight is 123 g/mol. The van der Waals surface area contributed by atoms with Gasteiger partial charge in [-0.25, -0.2) is 0 Å². The molecule has 0 saturated heterocycles. The topological polar surface area (TPSA) is 63.3 Å². The third-order valence-electron chi connectivity index (χ3n) is 0.458. The number of carboxylic acids is 1. The largest absolute Gasteiger partial charge is 0.480 e. The monoisotopic (exact) mass is 123 g/mol. The van der Waals surface area contributed by atoms with Crippen molar-refractivity contribution in [2.75, 3.05) is 5.75 Å². The molecule has 0 aliphatic carbocycles. The van der Waals surface area contributed by atoms with E-state index in [0.29, 0.717) is 0 Å². The second-order valence-electron chi connectivity index (χ2n) is 1.04. The fourth-order valence-corrected chi connectivity index (χ4v) is 0.234. The lowest BCUT2D eigenvalue weighted by molar-refractivity contribution is -0.137. The van der Waals surface area contributed by atoms with E-state index in [1.807, 2.05) is 0 Å². The number of rotatable bonds is 3. The van der Waals surface area contributed by atoms with Crippen LogP contribution in [-0.4, -0.2) is 22.9 Å². The highest BCUT2D eigenvalue weighted by molar-refractivity contribution is 7.80. The van der Waals surface area contributed by atoms with Gasteiger partial charge in [-0.1, -0.05) is 0 Å². The highest BCUT2D eigenvalue weighted by Gasteiger charge is 2.06. The average Bonchev–Trinajstić information content (AvgIpc) is 1.64. The lowest BCUT2D eigenvalue weighted by atomic mass is 10.4. The van der Waals surface area contributed by atoms with Crippen molar-refractivity contribution in [2.45, 2.75) is 6.04 Å². The molecule has 0 bridgehead atoms. The Balaban J connectivity index is 3.83. The smallest absolute Gasteiger partial charge is 0.321 e. The Morgan fingerprint density at radius 3 is 2.86 bits per heavy atom. The van der Waals surface area contributed by atoms with E-state index in [1.165, 1.54) is 0 Å². The SMILES string of the molecule is [2H]N([2H])[C@@H](CS)C(=O)O. The molecule has 0 fully saturated rings. The van der Waals surface area contributed by atoms with E-state index in [9.17, 15) is 4.79 Å². The Morgan fingerprint density at radius 2 is 2.86 bits per heavy atom. The first kappa shape index (κ1) is 3.74. The number of hydrogen-bond donors (Lipinski definition) is 3. The van der Waals surface area contributed by atoms with Gasteiger partial charge in [-0.3, -0.25) is 4.79 Å². The first-order valence-corrected chi connectivity index (χ1v) is 2.33. The van der Waals surface area contributed by atoms with Gasteiger partial charge < -0.3 is 10.8 Å². The number of aliphatic carboxylic acids is 1. The molecule has 0 rings (SSSR count). The second kappa shape index (κ2) is 2.87. The molecule has 42 valence electrons. The Hall–Kier alpha value is -0.220. The zero-order valence-electron chi connectivity index (χ0n) is 5.53. The molecule has 3 N–H and O–H groups in total. The van der Waals surface area contributed by atoms with E-state index in [4.69, 9.17) is 7.93 Å². The fourth-order valence-electron chi connectivity index (χ4n) is 0.0781. The van der Waals surface area contributed by atoms with Crippen molar-refractivity contribution in [1.29, 1.82) is 0 Å². The van der Waals surface area contributed by atoms with Crippen LogP contribution in [0.15, 0.2) is 0 Å². The molecule has 0 aliphatic rings. The molecule has 0 aromatic rings. The molecule has 0 radical (unpaired) electrons. The number of thiol groups is 1. The highest BCUT2D eigenvalue weighted by Crippen LogP contribution is 1.80. The lowest BCUT2D eigenvalue weighted by Gasteiger charge is -1.96. The molecule has 7 heavy (non-hydrogen) atoms. The van der Waals surface area contributed by atoms with Crippen molar-refractivity contribution in [2.24, 2.45) is 5.72 Å². The minimum atomic E-state index is -1.20. The quantitative estimate of drug-likeness (QED) is 0.436. The van der Waals surface area contributed by atoms with Gasteiger partial charge in [0.1, 0.15) is 8.87 Å². The summed E-state index contributed by atoms with van der Waals surface area (Å²) in [7, 11) is 0. The van der Waals surface area contributed by atoms with Crippen molar-refractivity contribution in [3.05, 3.63) is 0 Å². The van der Waals surface area contributed by atoms with E-state index in [0.717, 1.165) is 0 Å². The van der Waals surface area contributed by atoms with Crippen LogP contribution in [0.25, 0.3) is 0 Å². The summed E-state index contributed by atoms with van der Waals surface area (Å²) in [4.78, 5) is 10.0. The fraction of sp³-hybridized carbons (Fsp3) is 0.667. The molecule has 0 unspecified atom stereocenters. The van der Waals surface area contributed by atoms with E-state index < -0.39 is 12.0 Å². The summed E-state index contributed by atoms with van der Waals surface area (Å²) in [6.07, 6.45) is 0. The molecule has 0 saturated carbocycles. The Morgan fingerprint density at radius 1 is 2.29 bits per heavy atom. The van der Waals surface area contributed by atoms with Crippen LogP contribution in [0.1, 0.15) is 0 Å². The Labute approximate surface area is 49.8 Å². The maximum atomic E-state index is 10.0. The first-order chi connectivity index (χ1) is 4.09. The molecule has 4 heteroatoms. The molecule has 0 aromatic heterocycles. The molecule has 0 spiro atoms. The molecule has 3 nitrogen and oxygen atoms in total. The summed E-state index contributed by atoms with van der Waals surface area (Å²) in [5.74, 6) is -1.22. The molecule has 0 aromatic carbocycles. The summed E-state index contributed by atoms with van der Waals surface area (Å²) in [6, 6.07) is -1.13. The highest BCUT2D eigenvalue weighted by atomic mass is 32.1. The maximum absolute atomic E-state index is 10.0. The summed E-state index contributed by atoms with van der Waals surface area (Å²) < 4.78 is 13.1. The zero-order valence-corrected chi connectivity index (χ0v) is 4.43. The van der Waals surface area contributed by atoms with Gasteiger partial charge in [0, 0.05) is 5.75 Å². The van der Waals surface area contributed by atoms with Crippen molar-refractivity contribution in [3.8, 4) is 0 Å². The van der Waals surface area contributed by atoms with Gasteiger partial charge in [-0.05, 0) is 0 Å². The Bertz CT molecular complexity index is 110. The van der Waals surface area contributed by atoms with Gasteiger partial charge in [0.15, 0.2) is 0 Å². The standard InChI is InChI=1S/C3H7NO2S/c4-2(1-7)3(5)6/h2,7H,1,4H2,(H,5,6)/t2-/m0/s1/i/hD2. The third kappa shape index (κ3) is 2.47. The van der Waals surface area contributed by atoms with Crippen molar-refractivity contribution < 1.29 is 12.7 Å². The molecule has 0 heterocycles. The van der Waals surface area contributed by atoms with Crippen LogP contribution in [0, 0.1) is 0 Å². The number of nitrogens with two attached hydrogens (primary N) is 1. The minimum Gasteiger partial charge on any atom is -0.480 e. The third-order valence-corrected chi connectivity index (χ3v) is 0.804. The van der Waals surface area contributed by atoms with Crippen LogP contribution < -0.4 is 5.72 Å². The minimum absolute atomic E-state index is 0.0255. The molecule has 1 atom stereocenters. The summed E-state index contributed by atoms with van der Waals surface area (Å²) in [6.45, 7) is 0. The predicted octanol–water partition coefficient (Wildman–Crippen LogP) is -0.672. The van der Waals surface area contributed by atoms with Gasteiger partial charge in [0.25, 0.3) is 0 Å². The van der Waals surface area contributed by atoms with Gasteiger partial charge in [-0.15, -0.1) is 0 Å². The number of carboxylic acid groups (broad SMARTS) is 1. The second-order valence-corrected chi connectivity index (χ2v) is 1.40. The zero-order chi connectivity index (χ0) is 7.44. The summed E-state index contributed by atoms with van der Waals surface area (Å²) in [5, 5.41) is 8.21. The number of hydrogen-bond acceptors (Lipinski definition) is 3. The van der Waals surface area contributed by atoms with Crippen LogP contribution >= 0.6 is 12.6 Å². The summed E-state index contributed by atoms with van der Waals surface area (Å²) in [5.41, 5.74) is 0.120. The molecule has 0 aliphatic heterocycles. The summed E-state index contributed by atoms with van der Waals surface area (Å²) >= 11 is 3.63. The maximum Gasteiger partial charge on any atom is 0.321 e. The van der Waals surface area contributed by atoms with Crippen LogP contribution in [0.4, 0.5) is 0 Å². The van der Waals surface area contributed by atoms with Crippen LogP contribution in [0.2, 0.25) is 2.82 Å². The van der Waals surface area contributed by atoms with E-state index in [-0.39, 0.29) is 11.5 Å². The van der Waals surface area contributed by atoms with Crippen LogP contribution in [-0.2, 0) is 4.79 Å². The van der Waals surface area contributed by atoms with Gasteiger partial charge in [-0.2, -0.15) is 12.6 Å².